The van der Waals surface area contributed by atoms with Gasteiger partial charge in [0.15, 0.2) is 6.61 Å². The number of hydrogen-bond donors (Lipinski definition) is 0. The van der Waals surface area contributed by atoms with Crippen molar-refractivity contribution in [2.75, 3.05) is 6.61 Å². The van der Waals surface area contributed by atoms with Gasteiger partial charge in [-0.05, 0) is 30.7 Å². The Morgan fingerprint density at radius 2 is 1.45 bits per heavy atom. The third-order valence-corrected chi connectivity index (χ3v) is 3.90. The highest BCUT2D eigenvalue weighted by molar-refractivity contribution is 9.10. The molecule has 1 aromatic carbocycles. The molecule has 0 aliphatic heterocycles. The maximum atomic E-state index is 13.2. The maximum Gasteiger partial charge on any atom is 0.381 e. The van der Waals surface area contributed by atoms with Crippen molar-refractivity contribution in [2.45, 2.75) is 43.5 Å². The van der Waals surface area contributed by atoms with E-state index in [4.69, 9.17) is 4.74 Å². The Bertz CT molecular complexity index is 709. The van der Waals surface area contributed by atoms with Crippen LogP contribution in [0.3, 0.4) is 0 Å². The highest BCUT2D eigenvalue weighted by atomic mass is 79.9. The Balaban J connectivity index is 2.46. The molecule has 1 aromatic rings. The number of benzene rings is 1. The molecule has 164 valence electrons. The number of esters is 2. The van der Waals surface area contributed by atoms with E-state index in [0.29, 0.717) is 4.47 Å². The van der Waals surface area contributed by atoms with Gasteiger partial charge in [-0.15, -0.1) is 0 Å². The molecule has 0 atom stereocenters. The van der Waals surface area contributed by atoms with Crippen LogP contribution in [0.15, 0.2) is 28.7 Å². The monoisotopic (exact) mass is 500 g/mol. The molecule has 4 nitrogen and oxygen atoms in total. The lowest BCUT2D eigenvalue weighted by atomic mass is 10.1. The van der Waals surface area contributed by atoms with Gasteiger partial charge >= 0.3 is 36.1 Å². The summed E-state index contributed by atoms with van der Waals surface area (Å²) in [4.78, 5) is 22.8. The van der Waals surface area contributed by atoms with Crippen molar-refractivity contribution in [3.8, 4) is 5.75 Å². The zero-order chi connectivity index (χ0) is 22.5. The normalized spacial score (nSPS) is 12.8. The molecule has 0 fully saturated rings. The number of hydrogen-bond acceptors (Lipinski definition) is 4. The van der Waals surface area contributed by atoms with Gasteiger partial charge in [-0.3, -0.25) is 9.59 Å². The molecule has 0 spiro atoms. The standard InChI is InChI=1S/C16H13BrF8O4/c17-9-4-6-10(7-5-9)29-12(27)3-1-2-11(26)28-8-14(20,21)16(24,25)15(22,23)13(18)19/h4-7,13H,1-3,8H2. The van der Waals surface area contributed by atoms with Crippen LogP contribution in [0.5, 0.6) is 5.75 Å². The topological polar surface area (TPSA) is 52.6 Å². The van der Waals surface area contributed by atoms with E-state index < -0.39 is 49.2 Å². The first-order chi connectivity index (χ1) is 13.2. The summed E-state index contributed by atoms with van der Waals surface area (Å²) < 4.78 is 111. The van der Waals surface area contributed by atoms with Crippen molar-refractivity contribution in [3.63, 3.8) is 0 Å². The third-order valence-electron chi connectivity index (χ3n) is 3.37. The fourth-order valence-corrected chi connectivity index (χ4v) is 2.04. The first-order valence-electron chi connectivity index (χ1n) is 7.74. The number of carbonyl (C=O) groups is 2. The molecule has 0 saturated carbocycles. The highest BCUT2D eigenvalue weighted by Gasteiger charge is 2.75. The molecule has 13 heteroatoms. The fraction of sp³-hybridized carbons (Fsp3) is 0.500. The number of halogens is 9. The average molecular weight is 501 g/mol. The van der Waals surface area contributed by atoms with E-state index in [9.17, 15) is 44.7 Å². The van der Waals surface area contributed by atoms with Crippen LogP contribution in [-0.4, -0.2) is 42.7 Å². The SMILES string of the molecule is O=C(CCCC(=O)Oc1ccc(Br)cc1)OCC(F)(F)C(F)(F)C(F)(F)C(F)F. The van der Waals surface area contributed by atoms with Crippen molar-refractivity contribution >= 4 is 27.9 Å². The van der Waals surface area contributed by atoms with Crippen molar-refractivity contribution in [2.24, 2.45) is 0 Å². The van der Waals surface area contributed by atoms with Crippen molar-refractivity contribution in [1.29, 1.82) is 0 Å². The van der Waals surface area contributed by atoms with E-state index in [0.717, 1.165) is 0 Å². The van der Waals surface area contributed by atoms with Crippen LogP contribution in [0.4, 0.5) is 35.1 Å². The van der Waals surface area contributed by atoms with E-state index in [1.54, 1.807) is 12.1 Å². The lowest BCUT2D eigenvalue weighted by Gasteiger charge is -2.31. The van der Waals surface area contributed by atoms with Crippen molar-refractivity contribution < 1.29 is 54.2 Å². The maximum absolute atomic E-state index is 13.2. The largest absolute Gasteiger partial charge is 0.459 e. The van der Waals surface area contributed by atoms with Crippen LogP contribution in [0.25, 0.3) is 0 Å². The smallest absolute Gasteiger partial charge is 0.381 e. The molecule has 0 radical (unpaired) electrons. The van der Waals surface area contributed by atoms with Gasteiger partial charge in [0.1, 0.15) is 5.75 Å². The molecule has 1 rings (SSSR count). The number of rotatable bonds is 10. The molecule has 29 heavy (non-hydrogen) atoms. The van der Waals surface area contributed by atoms with E-state index in [1.807, 2.05) is 0 Å². The Morgan fingerprint density at radius 3 is 1.97 bits per heavy atom. The lowest BCUT2D eigenvalue weighted by molar-refractivity contribution is -0.344. The molecule has 0 aliphatic carbocycles. The molecule has 0 aromatic heterocycles. The second-order valence-corrected chi connectivity index (χ2v) is 6.56. The second kappa shape index (κ2) is 9.72. The van der Waals surface area contributed by atoms with Gasteiger partial charge in [0.05, 0.1) is 0 Å². The molecule has 0 bridgehead atoms. The van der Waals surface area contributed by atoms with Crippen LogP contribution in [0.1, 0.15) is 19.3 Å². The van der Waals surface area contributed by atoms with Crippen LogP contribution in [0.2, 0.25) is 0 Å². The number of ether oxygens (including phenoxy) is 2. The molecular weight excluding hydrogens is 488 g/mol. The van der Waals surface area contributed by atoms with Crippen LogP contribution >= 0.6 is 15.9 Å². The number of carbonyl (C=O) groups excluding carboxylic acids is 2. The van der Waals surface area contributed by atoms with E-state index >= 15 is 0 Å². The molecule has 0 amide bonds. The fourth-order valence-electron chi connectivity index (χ4n) is 1.78. The van der Waals surface area contributed by atoms with Gasteiger partial charge in [0.2, 0.25) is 0 Å². The summed E-state index contributed by atoms with van der Waals surface area (Å²) >= 11 is 3.16. The predicted octanol–water partition coefficient (Wildman–Crippen LogP) is 5.24. The summed E-state index contributed by atoms with van der Waals surface area (Å²) in [7, 11) is 0. The van der Waals surface area contributed by atoms with Crippen molar-refractivity contribution in [1.82, 2.24) is 0 Å². The summed E-state index contributed by atoms with van der Waals surface area (Å²) in [5.74, 6) is -20.7. The second-order valence-electron chi connectivity index (χ2n) is 5.64. The summed E-state index contributed by atoms with van der Waals surface area (Å²) in [5, 5.41) is 0. The van der Waals surface area contributed by atoms with Gasteiger partial charge < -0.3 is 9.47 Å². The van der Waals surface area contributed by atoms with Crippen molar-refractivity contribution in [3.05, 3.63) is 28.7 Å². The van der Waals surface area contributed by atoms with Crippen LogP contribution in [0, 0.1) is 0 Å². The minimum atomic E-state index is -6.46. The van der Waals surface area contributed by atoms with Gasteiger partial charge in [-0.25, -0.2) is 8.78 Å². The Morgan fingerprint density at radius 1 is 0.931 bits per heavy atom. The molecule has 0 N–H and O–H groups in total. The van der Waals surface area contributed by atoms with Gasteiger partial charge in [0, 0.05) is 17.3 Å². The minimum Gasteiger partial charge on any atom is -0.459 e. The van der Waals surface area contributed by atoms with Crippen LogP contribution in [-0.2, 0) is 14.3 Å². The summed E-state index contributed by atoms with van der Waals surface area (Å²) in [6.45, 7) is -2.54. The molecule has 0 heterocycles. The first-order valence-corrected chi connectivity index (χ1v) is 8.53. The zero-order valence-electron chi connectivity index (χ0n) is 14.2. The number of alkyl halides is 8. The predicted molar refractivity (Wildman–Crippen MR) is 85.4 cm³/mol. The zero-order valence-corrected chi connectivity index (χ0v) is 15.8. The minimum absolute atomic E-state index is 0.183. The summed E-state index contributed by atoms with van der Waals surface area (Å²) in [6, 6.07) is 6.06. The molecule has 0 aliphatic rings. The summed E-state index contributed by atoms with van der Waals surface area (Å²) in [5.41, 5.74) is 0. The highest BCUT2D eigenvalue weighted by Crippen LogP contribution is 2.48. The van der Waals surface area contributed by atoms with Gasteiger partial charge in [-0.1, -0.05) is 15.9 Å². The van der Waals surface area contributed by atoms with E-state index in [2.05, 4.69) is 20.7 Å². The Labute approximate surface area is 167 Å². The first kappa shape index (κ1) is 25.1. The lowest BCUT2D eigenvalue weighted by Crippen LogP contribution is -2.59. The molecule has 0 saturated heterocycles. The average Bonchev–Trinajstić information content (AvgIpc) is 2.61. The van der Waals surface area contributed by atoms with E-state index in [-0.39, 0.29) is 18.6 Å². The quantitative estimate of drug-likeness (QED) is 0.250. The summed E-state index contributed by atoms with van der Waals surface area (Å²) in [6.07, 6.45) is -6.43. The Hall–Kier alpha value is -1.92. The van der Waals surface area contributed by atoms with Gasteiger partial charge in [-0.2, -0.15) is 26.3 Å². The van der Waals surface area contributed by atoms with Crippen LogP contribution < -0.4 is 4.74 Å². The third kappa shape index (κ3) is 6.54. The van der Waals surface area contributed by atoms with Gasteiger partial charge in [0.25, 0.3) is 0 Å². The Kier molecular flexibility index (Phi) is 8.42. The molecule has 0 unspecified atom stereocenters. The van der Waals surface area contributed by atoms with E-state index in [1.165, 1.54) is 12.1 Å². The molecular formula is C16H13BrF8O4.